The lowest BCUT2D eigenvalue weighted by atomic mass is 10.0. The van der Waals surface area contributed by atoms with E-state index in [0.717, 1.165) is 12.3 Å². The minimum absolute atomic E-state index is 0.0145. The first kappa shape index (κ1) is 12.9. The summed E-state index contributed by atoms with van der Waals surface area (Å²) in [7, 11) is 0. The van der Waals surface area contributed by atoms with Gasteiger partial charge in [0.2, 0.25) is 5.91 Å². The van der Waals surface area contributed by atoms with Crippen LogP contribution in [-0.4, -0.2) is 29.1 Å². The highest BCUT2D eigenvalue weighted by Crippen LogP contribution is 2.29. The van der Waals surface area contributed by atoms with Gasteiger partial charge in [-0.3, -0.25) is 10.1 Å². The molecular weight excluding hydrogens is 212 g/mol. The van der Waals surface area contributed by atoms with Crippen molar-refractivity contribution >= 4 is 5.91 Å². The fourth-order valence-corrected chi connectivity index (χ4v) is 3.31. The first-order valence-corrected chi connectivity index (χ1v) is 7.21. The van der Waals surface area contributed by atoms with Gasteiger partial charge in [-0.2, -0.15) is 0 Å². The highest BCUT2D eigenvalue weighted by molar-refractivity contribution is 5.84. The molecule has 0 aromatic carbocycles. The van der Waals surface area contributed by atoms with Gasteiger partial charge in [0, 0.05) is 6.04 Å². The van der Waals surface area contributed by atoms with Crippen molar-refractivity contribution in [2.24, 2.45) is 5.92 Å². The molecule has 0 radical (unpaired) electrons. The molecule has 0 spiro atoms. The number of hydrogen-bond acceptors (Lipinski definition) is 2. The molecule has 17 heavy (non-hydrogen) atoms. The highest BCUT2D eigenvalue weighted by Gasteiger charge is 2.39. The van der Waals surface area contributed by atoms with Crippen LogP contribution < -0.4 is 5.32 Å². The molecule has 2 rings (SSSR count). The van der Waals surface area contributed by atoms with Crippen molar-refractivity contribution in [1.82, 2.24) is 10.2 Å². The number of carbonyl (C=O) groups excluding carboxylic acids is 1. The van der Waals surface area contributed by atoms with Gasteiger partial charge < -0.3 is 4.90 Å². The van der Waals surface area contributed by atoms with Crippen molar-refractivity contribution in [3.05, 3.63) is 0 Å². The van der Waals surface area contributed by atoms with Gasteiger partial charge in [-0.15, -0.1) is 0 Å². The number of nitrogens with zero attached hydrogens (tertiary/aromatic N) is 1. The lowest BCUT2D eigenvalue weighted by Crippen LogP contribution is -2.44. The number of carbonyl (C=O) groups is 1. The summed E-state index contributed by atoms with van der Waals surface area (Å²) in [6.45, 7) is 6.49. The van der Waals surface area contributed by atoms with Gasteiger partial charge >= 0.3 is 0 Å². The van der Waals surface area contributed by atoms with Gasteiger partial charge in [-0.05, 0) is 38.5 Å². The molecule has 1 aliphatic heterocycles. The second-order valence-corrected chi connectivity index (χ2v) is 5.83. The van der Waals surface area contributed by atoms with E-state index in [0.29, 0.717) is 11.9 Å². The minimum Gasteiger partial charge on any atom is -0.323 e. The Hall–Kier alpha value is -0.570. The van der Waals surface area contributed by atoms with E-state index in [1.165, 1.54) is 32.1 Å². The molecule has 1 aliphatic carbocycles. The summed E-state index contributed by atoms with van der Waals surface area (Å²) in [5.41, 5.74) is 0. The van der Waals surface area contributed by atoms with Crippen LogP contribution in [0.15, 0.2) is 0 Å². The molecule has 0 bridgehead atoms. The van der Waals surface area contributed by atoms with Crippen molar-refractivity contribution in [3.8, 4) is 0 Å². The molecule has 1 amide bonds. The van der Waals surface area contributed by atoms with E-state index in [1.807, 2.05) is 6.92 Å². The number of nitrogens with one attached hydrogen (secondary N) is 1. The molecule has 4 unspecified atom stereocenters. The maximum atomic E-state index is 12.2. The lowest BCUT2D eigenvalue weighted by Gasteiger charge is -2.31. The van der Waals surface area contributed by atoms with Crippen LogP contribution in [0, 0.1) is 5.92 Å². The van der Waals surface area contributed by atoms with E-state index in [9.17, 15) is 4.79 Å². The van der Waals surface area contributed by atoms with Gasteiger partial charge in [0.15, 0.2) is 0 Å². The molecule has 1 N–H and O–H groups in total. The molecule has 3 heteroatoms. The summed E-state index contributed by atoms with van der Waals surface area (Å²) in [4.78, 5) is 14.4. The summed E-state index contributed by atoms with van der Waals surface area (Å²) in [6.07, 6.45) is 7.56. The molecule has 2 aliphatic rings. The quantitative estimate of drug-likeness (QED) is 0.750. The van der Waals surface area contributed by atoms with Crippen LogP contribution in [-0.2, 0) is 4.79 Å². The van der Waals surface area contributed by atoms with Crippen molar-refractivity contribution < 1.29 is 4.79 Å². The molecule has 4 atom stereocenters. The van der Waals surface area contributed by atoms with Crippen LogP contribution in [0.1, 0.15) is 59.3 Å². The number of amides is 1. The Morgan fingerprint density at radius 3 is 2.71 bits per heavy atom. The average molecular weight is 238 g/mol. The third-order valence-electron chi connectivity index (χ3n) is 4.41. The van der Waals surface area contributed by atoms with Crippen LogP contribution in [0.2, 0.25) is 0 Å². The Balaban J connectivity index is 2.06. The zero-order valence-corrected chi connectivity index (χ0v) is 11.4. The maximum Gasteiger partial charge on any atom is 0.240 e. The van der Waals surface area contributed by atoms with E-state index in [4.69, 9.17) is 0 Å². The highest BCUT2D eigenvalue weighted by atomic mass is 16.2. The van der Waals surface area contributed by atoms with Crippen molar-refractivity contribution in [2.45, 2.75) is 77.5 Å². The van der Waals surface area contributed by atoms with Gasteiger partial charge in [0.1, 0.15) is 0 Å². The lowest BCUT2D eigenvalue weighted by molar-refractivity contribution is -0.132. The number of rotatable bonds is 2. The SMILES string of the molecule is CCC1NC(C)C(=O)N1C1CCCC(C)CC1. The molecule has 2 fully saturated rings. The van der Waals surface area contributed by atoms with E-state index in [1.54, 1.807) is 0 Å². The molecular formula is C14H26N2O. The summed E-state index contributed by atoms with van der Waals surface area (Å²) in [6, 6.07) is 0.496. The first-order chi connectivity index (χ1) is 8.13. The van der Waals surface area contributed by atoms with Crippen LogP contribution in [0.3, 0.4) is 0 Å². The van der Waals surface area contributed by atoms with Gasteiger partial charge in [0.05, 0.1) is 12.2 Å². The normalized spacial score (nSPS) is 39.5. The van der Waals surface area contributed by atoms with Crippen LogP contribution in [0.25, 0.3) is 0 Å². The van der Waals surface area contributed by atoms with Crippen LogP contribution >= 0.6 is 0 Å². The number of hydrogen-bond donors (Lipinski definition) is 1. The molecule has 1 saturated carbocycles. The fourth-order valence-electron chi connectivity index (χ4n) is 3.31. The Labute approximate surface area is 105 Å². The third kappa shape index (κ3) is 2.65. The zero-order valence-electron chi connectivity index (χ0n) is 11.4. The first-order valence-electron chi connectivity index (χ1n) is 7.21. The predicted molar refractivity (Wildman–Crippen MR) is 69.6 cm³/mol. The zero-order chi connectivity index (χ0) is 12.4. The van der Waals surface area contributed by atoms with Crippen molar-refractivity contribution in [1.29, 1.82) is 0 Å². The Bertz CT molecular complexity index is 279. The molecule has 0 aromatic rings. The third-order valence-corrected chi connectivity index (χ3v) is 4.41. The topological polar surface area (TPSA) is 32.3 Å². The summed E-state index contributed by atoms with van der Waals surface area (Å²) < 4.78 is 0. The van der Waals surface area contributed by atoms with Crippen molar-refractivity contribution in [2.75, 3.05) is 0 Å². The largest absolute Gasteiger partial charge is 0.323 e. The maximum absolute atomic E-state index is 12.2. The molecule has 1 saturated heterocycles. The van der Waals surface area contributed by atoms with E-state index in [-0.39, 0.29) is 12.2 Å². The van der Waals surface area contributed by atoms with Gasteiger partial charge in [-0.1, -0.05) is 26.7 Å². The van der Waals surface area contributed by atoms with Crippen LogP contribution in [0.4, 0.5) is 0 Å². The minimum atomic E-state index is 0.0145. The standard InChI is InChI=1S/C14H26N2O/c1-4-13-15-11(3)14(17)16(13)12-7-5-6-10(2)8-9-12/h10-13,15H,4-9H2,1-3H3. The Kier molecular flexibility index (Phi) is 4.08. The summed E-state index contributed by atoms with van der Waals surface area (Å²) >= 11 is 0. The van der Waals surface area contributed by atoms with E-state index in [2.05, 4.69) is 24.1 Å². The van der Waals surface area contributed by atoms with Gasteiger partial charge in [-0.25, -0.2) is 0 Å². The predicted octanol–water partition coefficient (Wildman–Crippen LogP) is 2.51. The molecule has 1 heterocycles. The fraction of sp³-hybridized carbons (Fsp3) is 0.929. The molecule has 0 aromatic heterocycles. The Morgan fingerprint density at radius 1 is 1.24 bits per heavy atom. The summed E-state index contributed by atoms with van der Waals surface area (Å²) in [5.74, 6) is 1.15. The smallest absolute Gasteiger partial charge is 0.240 e. The summed E-state index contributed by atoms with van der Waals surface area (Å²) in [5, 5.41) is 3.41. The van der Waals surface area contributed by atoms with Crippen molar-refractivity contribution in [3.63, 3.8) is 0 Å². The molecule has 3 nitrogen and oxygen atoms in total. The second kappa shape index (κ2) is 5.38. The van der Waals surface area contributed by atoms with E-state index >= 15 is 0 Å². The average Bonchev–Trinajstić information content (AvgIpc) is 2.49. The molecule has 98 valence electrons. The monoisotopic (exact) mass is 238 g/mol. The van der Waals surface area contributed by atoms with E-state index < -0.39 is 0 Å². The Morgan fingerprint density at radius 2 is 2.00 bits per heavy atom. The van der Waals surface area contributed by atoms with Gasteiger partial charge in [0.25, 0.3) is 0 Å². The van der Waals surface area contributed by atoms with Crippen LogP contribution in [0.5, 0.6) is 0 Å². The second-order valence-electron chi connectivity index (χ2n) is 5.83.